The van der Waals surface area contributed by atoms with Gasteiger partial charge in [-0.05, 0) is 56.4 Å². The minimum Gasteiger partial charge on any atom is -0.488 e. The second-order valence-corrected chi connectivity index (χ2v) is 12.0. The Labute approximate surface area is 259 Å². The van der Waals surface area contributed by atoms with E-state index in [0.717, 1.165) is 43.2 Å². The summed E-state index contributed by atoms with van der Waals surface area (Å²) in [6.45, 7) is 2.10. The van der Waals surface area contributed by atoms with Crippen LogP contribution in [0.25, 0.3) is 0 Å². The van der Waals surface area contributed by atoms with E-state index in [2.05, 4.69) is 5.32 Å². The van der Waals surface area contributed by atoms with Crippen molar-refractivity contribution in [2.24, 2.45) is 0 Å². The Balaban J connectivity index is 1.35. The van der Waals surface area contributed by atoms with E-state index in [9.17, 15) is 9.18 Å². The van der Waals surface area contributed by atoms with Gasteiger partial charge in [0.25, 0.3) is 0 Å². The quantitative estimate of drug-likeness (QED) is 0.150. The molecule has 0 saturated heterocycles. The molecule has 1 aromatic heterocycles. The van der Waals surface area contributed by atoms with E-state index in [-0.39, 0.29) is 24.5 Å². The molecule has 6 rings (SSSR count). The van der Waals surface area contributed by atoms with E-state index in [0.29, 0.717) is 44.5 Å². The lowest BCUT2D eigenvalue weighted by atomic mass is 9.94. The maximum atomic E-state index is 14.3. The van der Waals surface area contributed by atoms with Crippen LogP contribution >= 0.6 is 23.4 Å². The molecule has 1 aliphatic carbocycles. The van der Waals surface area contributed by atoms with E-state index in [4.69, 9.17) is 31.2 Å². The molecule has 1 saturated carbocycles. The van der Waals surface area contributed by atoms with Crippen molar-refractivity contribution < 1.29 is 18.7 Å². The number of benzene rings is 3. The SMILES string of the molecule is CC1=C(C(=O)OC2CCCCC2)C(c2ccccc2OCc2ccccc2Cl)n2nc(SCc3ccccc3F)nc2N1. The van der Waals surface area contributed by atoms with E-state index in [1.54, 1.807) is 22.9 Å². The smallest absolute Gasteiger partial charge is 0.338 e. The summed E-state index contributed by atoms with van der Waals surface area (Å²) in [4.78, 5) is 18.6. The molecule has 3 aromatic carbocycles. The summed E-state index contributed by atoms with van der Waals surface area (Å²) < 4.78 is 28.4. The highest BCUT2D eigenvalue weighted by Crippen LogP contribution is 2.41. The third-order valence-corrected chi connectivity index (χ3v) is 9.00. The first-order valence-electron chi connectivity index (χ1n) is 14.4. The minimum atomic E-state index is -0.662. The minimum absolute atomic E-state index is 0.113. The lowest BCUT2D eigenvalue weighted by Gasteiger charge is -2.30. The highest BCUT2D eigenvalue weighted by molar-refractivity contribution is 7.98. The highest BCUT2D eigenvalue weighted by Gasteiger charge is 2.38. The van der Waals surface area contributed by atoms with Crippen LogP contribution in [0.1, 0.15) is 61.8 Å². The number of ether oxygens (including phenoxy) is 2. The average molecular weight is 619 g/mol. The van der Waals surface area contributed by atoms with Crippen molar-refractivity contribution in [1.29, 1.82) is 0 Å². The Hall–Kier alpha value is -3.82. The predicted octanol–water partition coefficient (Wildman–Crippen LogP) is 8.11. The van der Waals surface area contributed by atoms with Crippen LogP contribution in [0.15, 0.2) is 89.2 Å². The summed E-state index contributed by atoms with van der Waals surface area (Å²) >= 11 is 7.73. The fourth-order valence-corrected chi connectivity index (χ4v) is 6.51. The number of carbonyl (C=O) groups excluding carboxylic acids is 1. The maximum absolute atomic E-state index is 14.3. The highest BCUT2D eigenvalue weighted by atomic mass is 35.5. The van der Waals surface area contributed by atoms with Crippen LogP contribution in [0.4, 0.5) is 10.3 Å². The van der Waals surface area contributed by atoms with Crippen molar-refractivity contribution in [2.75, 3.05) is 5.32 Å². The number of allylic oxidation sites excluding steroid dienone is 1. The normalized spacial score (nSPS) is 16.9. The van der Waals surface area contributed by atoms with Crippen LogP contribution in [0.2, 0.25) is 5.02 Å². The molecule has 4 aromatic rings. The first-order chi connectivity index (χ1) is 21.0. The monoisotopic (exact) mass is 618 g/mol. The number of hydrogen-bond donors (Lipinski definition) is 1. The van der Waals surface area contributed by atoms with Gasteiger partial charge in [0.15, 0.2) is 0 Å². The second kappa shape index (κ2) is 13.2. The first kappa shape index (κ1) is 29.3. The third-order valence-electron chi connectivity index (χ3n) is 7.75. The lowest BCUT2D eigenvalue weighted by molar-refractivity contribution is -0.146. The van der Waals surface area contributed by atoms with Gasteiger partial charge >= 0.3 is 5.97 Å². The van der Waals surface area contributed by atoms with Crippen LogP contribution in [0.3, 0.4) is 0 Å². The van der Waals surface area contributed by atoms with Crippen LogP contribution in [0.5, 0.6) is 5.75 Å². The van der Waals surface area contributed by atoms with Crippen LogP contribution in [-0.4, -0.2) is 26.8 Å². The van der Waals surface area contributed by atoms with E-state index < -0.39 is 6.04 Å². The summed E-state index contributed by atoms with van der Waals surface area (Å²) in [5.41, 5.74) is 3.23. The molecule has 1 unspecified atom stereocenters. The number of rotatable bonds is 9. The van der Waals surface area contributed by atoms with Crippen LogP contribution in [-0.2, 0) is 21.9 Å². The topological polar surface area (TPSA) is 78.3 Å². The van der Waals surface area contributed by atoms with Crippen LogP contribution in [0, 0.1) is 5.82 Å². The summed E-state index contributed by atoms with van der Waals surface area (Å²) in [6.07, 6.45) is 4.86. The van der Waals surface area contributed by atoms with Crippen molar-refractivity contribution in [2.45, 2.75) is 68.7 Å². The Morgan fingerprint density at radius 1 is 1.02 bits per heavy atom. The van der Waals surface area contributed by atoms with Crippen molar-refractivity contribution in [3.05, 3.63) is 112 Å². The molecule has 10 heteroatoms. The Morgan fingerprint density at radius 2 is 1.74 bits per heavy atom. The Morgan fingerprint density at radius 3 is 2.53 bits per heavy atom. The predicted molar refractivity (Wildman–Crippen MR) is 166 cm³/mol. The largest absolute Gasteiger partial charge is 0.488 e. The molecule has 7 nitrogen and oxygen atoms in total. The molecule has 0 bridgehead atoms. The Bertz CT molecular complexity index is 1650. The van der Waals surface area contributed by atoms with Crippen molar-refractivity contribution in [3.8, 4) is 5.75 Å². The van der Waals surface area contributed by atoms with Gasteiger partial charge in [-0.15, -0.1) is 5.10 Å². The van der Waals surface area contributed by atoms with Crippen molar-refractivity contribution in [3.63, 3.8) is 0 Å². The van der Waals surface area contributed by atoms with Crippen molar-refractivity contribution in [1.82, 2.24) is 14.8 Å². The number of para-hydroxylation sites is 1. The zero-order valence-corrected chi connectivity index (χ0v) is 25.3. The standard InChI is InChI=1S/C33H32ClFN4O3S/c1-21-29(31(40)42-24-13-3-2-4-14-24)30(25-15-7-10-18-28(25)41-19-22-11-5-8-16-26(22)34)39-32(36-21)37-33(38-39)43-20-23-12-6-9-17-27(23)35/h5-12,15-18,24,30H,2-4,13-14,19-20H2,1H3,(H,36,37,38). The van der Waals surface area contributed by atoms with E-state index in [1.807, 2.05) is 55.5 Å². The Kier molecular flexibility index (Phi) is 9.00. The molecule has 1 N–H and O–H groups in total. The van der Waals surface area contributed by atoms with Gasteiger partial charge < -0.3 is 14.8 Å². The van der Waals surface area contributed by atoms with Gasteiger partial charge in [-0.2, -0.15) is 4.98 Å². The number of anilines is 1. The number of hydrogen-bond acceptors (Lipinski definition) is 7. The number of aromatic nitrogens is 3. The number of nitrogens with one attached hydrogen (secondary N) is 1. The third kappa shape index (κ3) is 6.58. The van der Waals surface area contributed by atoms with E-state index in [1.165, 1.54) is 17.8 Å². The van der Waals surface area contributed by atoms with Gasteiger partial charge in [0.1, 0.15) is 30.3 Å². The van der Waals surface area contributed by atoms with Crippen LogP contribution < -0.4 is 10.1 Å². The maximum Gasteiger partial charge on any atom is 0.338 e. The summed E-state index contributed by atoms with van der Waals surface area (Å²) in [6, 6.07) is 21.1. The average Bonchev–Trinajstić information content (AvgIpc) is 3.42. The molecule has 0 spiro atoms. The molecular formula is C33H32ClFN4O3S. The number of fused-ring (bicyclic) bond motifs is 1. The molecule has 1 aliphatic heterocycles. The summed E-state index contributed by atoms with van der Waals surface area (Å²) in [5, 5.41) is 9.14. The number of esters is 1. The number of thioether (sulfide) groups is 1. The zero-order chi connectivity index (χ0) is 29.8. The molecular weight excluding hydrogens is 587 g/mol. The molecule has 2 aliphatic rings. The van der Waals surface area contributed by atoms with Gasteiger partial charge in [0.2, 0.25) is 11.1 Å². The molecule has 2 heterocycles. The van der Waals surface area contributed by atoms with Gasteiger partial charge in [0.05, 0.1) is 5.57 Å². The zero-order valence-electron chi connectivity index (χ0n) is 23.8. The van der Waals surface area contributed by atoms with Gasteiger partial charge in [0, 0.05) is 27.6 Å². The van der Waals surface area contributed by atoms with E-state index >= 15 is 0 Å². The fourth-order valence-electron chi connectivity index (χ4n) is 5.51. The molecule has 0 amide bonds. The first-order valence-corrected chi connectivity index (χ1v) is 15.8. The second-order valence-electron chi connectivity index (χ2n) is 10.7. The number of nitrogens with zero attached hydrogens (tertiary/aromatic N) is 3. The summed E-state index contributed by atoms with van der Waals surface area (Å²) in [5.74, 6) is 0.775. The van der Waals surface area contributed by atoms with Gasteiger partial charge in [-0.3, -0.25) is 0 Å². The number of carbonyl (C=O) groups is 1. The van der Waals surface area contributed by atoms with Gasteiger partial charge in [-0.1, -0.05) is 84.4 Å². The molecule has 1 atom stereocenters. The molecule has 43 heavy (non-hydrogen) atoms. The molecule has 1 fully saturated rings. The van der Waals surface area contributed by atoms with Crippen molar-refractivity contribution >= 4 is 35.3 Å². The summed E-state index contributed by atoms with van der Waals surface area (Å²) in [7, 11) is 0. The fraction of sp³-hybridized carbons (Fsp3) is 0.303. The van der Waals surface area contributed by atoms with Gasteiger partial charge in [-0.25, -0.2) is 13.9 Å². The lowest BCUT2D eigenvalue weighted by Crippen LogP contribution is -2.32. The number of halogens is 2. The molecule has 222 valence electrons. The molecule has 0 radical (unpaired) electrons.